The number of carbonyl (C=O) groups is 2. The van der Waals surface area contributed by atoms with Gasteiger partial charge >= 0.3 is 12.2 Å². The average Bonchev–Trinajstić information content (AvgIpc) is 3.58. The first-order chi connectivity index (χ1) is 27.1. The molecule has 0 atom stereocenters. The van der Waals surface area contributed by atoms with Crippen LogP contribution in [-0.4, -0.2) is 83.5 Å². The van der Waals surface area contributed by atoms with E-state index in [2.05, 4.69) is 41.4 Å². The number of benzene rings is 1. The molecule has 0 spiro atoms. The maximum absolute atomic E-state index is 14.7. The van der Waals surface area contributed by atoms with Gasteiger partial charge in [-0.3, -0.25) is 9.88 Å². The summed E-state index contributed by atoms with van der Waals surface area (Å²) in [5, 5.41) is 12.5. The second-order valence-electron chi connectivity index (χ2n) is 15.8. The number of fused-ring (bicyclic) bond motifs is 2. The van der Waals surface area contributed by atoms with Crippen LogP contribution < -0.4 is 10.2 Å². The van der Waals surface area contributed by atoms with Gasteiger partial charge in [0.05, 0.1) is 28.3 Å². The second-order valence-corrected chi connectivity index (χ2v) is 16.8. The maximum Gasteiger partial charge on any atom is 0.416 e. The Kier molecular flexibility index (Phi) is 12.3. The van der Waals surface area contributed by atoms with Gasteiger partial charge in [0, 0.05) is 57.2 Å². The Balaban J connectivity index is 1.14. The number of thiazole rings is 1. The summed E-state index contributed by atoms with van der Waals surface area (Å²) in [6.07, 6.45) is 11.0. The van der Waals surface area contributed by atoms with Gasteiger partial charge in [0.15, 0.2) is 11.5 Å². The van der Waals surface area contributed by atoms with Crippen molar-refractivity contribution in [2.75, 3.05) is 29.9 Å². The molecule has 300 valence electrons. The first-order valence-electron chi connectivity index (χ1n) is 18.9. The number of carbonyl (C=O) groups excluding carboxylic acids is 2. The van der Waals surface area contributed by atoms with Gasteiger partial charge in [-0.15, -0.1) is 12.3 Å². The van der Waals surface area contributed by atoms with Crippen LogP contribution in [0, 0.1) is 18.2 Å². The zero-order chi connectivity index (χ0) is 40.8. The Morgan fingerprint density at radius 1 is 0.982 bits per heavy atom. The highest BCUT2D eigenvalue weighted by atomic mass is 32.1. The molecule has 0 unspecified atom stereocenters. The van der Waals surface area contributed by atoms with Crippen molar-refractivity contribution in [1.82, 2.24) is 34.8 Å². The number of nitrogens with zero attached hydrogens (tertiary/aromatic N) is 9. The topological polar surface area (TPSA) is 176 Å². The number of hydrogen-bond donors (Lipinski definition) is 2. The summed E-state index contributed by atoms with van der Waals surface area (Å²) in [5.74, 6) is 2.98. The summed E-state index contributed by atoms with van der Waals surface area (Å²) in [7, 11) is 0. The molecule has 17 heteroatoms. The molecule has 0 saturated carbocycles. The van der Waals surface area contributed by atoms with E-state index in [1.807, 2.05) is 39.0 Å². The summed E-state index contributed by atoms with van der Waals surface area (Å²) in [6.45, 7) is 11.8. The molecular formula is C40H48FN11O4S. The van der Waals surface area contributed by atoms with Gasteiger partial charge in [-0.2, -0.15) is 10.2 Å². The number of imidazole rings is 1. The summed E-state index contributed by atoms with van der Waals surface area (Å²) in [4.78, 5) is 56.2. The predicted octanol–water partition coefficient (Wildman–Crippen LogP) is 8.23. The molecule has 2 N–H and O–H groups in total. The molecule has 4 aromatic heterocycles. The standard InChI is InChI=1S/C40H48FN11O4S/c1-8-9-17-40(49-50-40)18-11-20-42-26-13-14-28-29(23-26)47-31(46-28)15-21-51(36(53)55-38(2,3)4)22-16-32-48-33-34(44-25-45-35(33)57-32)52(37(54)56-39(5,6)7)24-30-27(41)12-10-19-43-30/h1,10,12-14,19,23,25,42H,9,11,15-18,20-22,24H2,2-7H3,(H,46,47). The fraction of sp³-hybridized carbons (Fsp3) is 0.475. The number of anilines is 2. The molecular weight excluding hydrogens is 750 g/mol. The Morgan fingerprint density at radius 2 is 1.74 bits per heavy atom. The number of aromatic nitrogens is 6. The Morgan fingerprint density at radius 3 is 2.46 bits per heavy atom. The zero-order valence-electron chi connectivity index (χ0n) is 33.1. The van der Waals surface area contributed by atoms with Gasteiger partial charge in [-0.05, 0) is 84.7 Å². The van der Waals surface area contributed by atoms with Crippen molar-refractivity contribution in [3.8, 4) is 12.3 Å². The molecule has 57 heavy (non-hydrogen) atoms. The van der Waals surface area contributed by atoms with E-state index in [-0.39, 0.29) is 30.3 Å². The van der Waals surface area contributed by atoms with Gasteiger partial charge in [-0.25, -0.2) is 33.9 Å². The van der Waals surface area contributed by atoms with E-state index in [1.54, 1.807) is 25.7 Å². The monoisotopic (exact) mass is 797 g/mol. The van der Waals surface area contributed by atoms with Crippen LogP contribution in [0.1, 0.15) is 83.8 Å². The summed E-state index contributed by atoms with van der Waals surface area (Å²) >= 11 is 1.31. The number of amides is 2. The van der Waals surface area contributed by atoms with Crippen LogP contribution in [0.3, 0.4) is 0 Å². The summed E-state index contributed by atoms with van der Waals surface area (Å²) in [5.41, 5.74) is 1.22. The first-order valence-corrected chi connectivity index (χ1v) is 19.7. The highest BCUT2D eigenvalue weighted by Gasteiger charge is 2.38. The molecule has 15 nitrogen and oxygen atoms in total. The van der Waals surface area contributed by atoms with Gasteiger partial charge in [-0.1, -0.05) is 11.3 Å². The van der Waals surface area contributed by atoms with Crippen molar-refractivity contribution in [3.63, 3.8) is 0 Å². The number of hydrogen-bond acceptors (Lipinski definition) is 13. The number of nitrogens with one attached hydrogen (secondary N) is 2. The molecule has 0 aliphatic carbocycles. The third kappa shape index (κ3) is 11.2. The summed E-state index contributed by atoms with van der Waals surface area (Å²) < 4.78 is 26.2. The molecule has 0 saturated heterocycles. The quantitative estimate of drug-likeness (QED) is 0.0731. The van der Waals surface area contributed by atoms with Crippen molar-refractivity contribution < 1.29 is 23.5 Å². The minimum absolute atomic E-state index is 0.0406. The normalized spacial score (nSPS) is 13.4. The third-order valence-electron chi connectivity index (χ3n) is 8.77. The molecule has 5 heterocycles. The highest BCUT2D eigenvalue weighted by molar-refractivity contribution is 7.18. The lowest BCUT2D eigenvalue weighted by atomic mass is 10.0. The minimum Gasteiger partial charge on any atom is -0.444 e. The van der Waals surface area contributed by atoms with Crippen molar-refractivity contribution in [1.29, 1.82) is 0 Å². The molecule has 5 aromatic rings. The van der Waals surface area contributed by atoms with Crippen LogP contribution in [0.5, 0.6) is 0 Å². The Bertz CT molecular complexity index is 2280. The fourth-order valence-electron chi connectivity index (χ4n) is 5.97. The molecule has 0 bridgehead atoms. The van der Waals surface area contributed by atoms with Crippen molar-refractivity contribution in [3.05, 3.63) is 65.2 Å². The van der Waals surface area contributed by atoms with Gasteiger partial charge in [0.1, 0.15) is 39.5 Å². The molecule has 1 aromatic carbocycles. The lowest BCUT2D eigenvalue weighted by Crippen LogP contribution is -2.39. The Hall–Kier alpha value is -5.76. The SMILES string of the molecule is C#CCCC1(CCCNc2ccc3[nH]c(CCN(CCc4nc5c(N(Cc6ncccc6F)C(=O)OC(C)(C)C)ncnc5s4)C(=O)OC(C)(C)C)nc3c2)N=N1. The van der Waals surface area contributed by atoms with Crippen LogP contribution >= 0.6 is 11.3 Å². The molecule has 2 amide bonds. The number of H-pyrrole nitrogens is 1. The summed E-state index contributed by atoms with van der Waals surface area (Å²) in [6, 6.07) is 8.75. The minimum atomic E-state index is -0.831. The highest BCUT2D eigenvalue weighted by Crippen LogP contribution is 2.37. The van der Waals surface area contributed by atoms with Crippen LogP contribution in [0.15, 0.2) is 53.1 Å². The van der Waals surface area contributed by atoms with Crippen molar-refractivity contribution >= 4 is 56.4 Å². The van der Waals surface area contributed by atoms with Crippen LogP contribution in [0.4, 0.5) is 25.5 Å². The van der Waals surface area contributed by atoms with Gasteiger partial charge in [0.25, 0.3) is 0 Å². The molecule has 1 aliphatic rings. The van der Waals surface area contributed by atoms with Crippen molar-refractivity contribution in [2.45, 2.75) is 103 Å². The lowest BCUT2D eigenvalue weighted by Gasteiger charge is -2.27. The van der Waals surface area contributed by atoms with Crippen LogP contribution in [-0.2, 0) is 28.9 Å². The number of terminal acetylenes is 1. The molecule has 0 fully saturated rings. The van der Waals surface area contributed by atoms with Gasteiger partial charge in [0.2, 0.25) is 0 Å². The zero-order valence-corrected chi connectivity index (χ0v) is 34.0. The maximum atomic E-state index is 14.7. The van der Waals surface area contributed by atoms with Crippen LogP contribution in [0.2, 0.25) is 0 Å². The predicted molar refractivity (Wildman–Crippen MR) is 217 cm³/mol. The Labute approximate surface area is 334 Å². The fourth-order valence-corrected chi connectivity index (χ4v) is 6.86. The van der Waals surface area contributed by atoms with E-state index in [0.29, 0.717) is 41.2 Å². The molecule has 0 radical (unpaired) electrons. The van der Waals surface area contributed by atoms with E-state index in [0.717, 1.165) is 48.4 Å². The van der Waals surface area contributed by atoms with E-state index in [1.165, 1.54) is 40.9 Å². The number of pyridine rings is 1. The number of halogens is 1. The van der Waals surface area contributed by atoms with Crippen molar-refractivity contribution in [2.24, 2.45) is 10.2 Å². The largest absolute Gasteiger partial charge is 0.444 e. The second kappa shape index (κ2) is 17.2. The smallest absolute Gasteiger partial charge is 0.416 e. The lowest BCUT2D eigenvalue weighted by molar-refractivity contribution is 0.0253. The third-order valence-corrected chi connectivity index (χ3v) is 9.79. The van der Waals surface area contributed by atoms with Gasteiger partial charge < -0.3 is 24.7 Å². The van der Waals surface area contributed by atoms with E-state index in [9.17, 15) is 14.0 Å². The first kappa shape index (κ1) is 40.9. The number of aromatic amines is 1. The molecule has 1 aliphatic heterocycles. The number of rotatable bonds is 16. The van der Waals surface area contributed by atoms with E-state index in [4.69, 9.17) is 25.9 Å². The van der Waals surface area contributed by atoms with E-state index >= 15 is 0 Å². The van der Waals surface area contributed by atoms with E-state index < -0.39 is 29.2 Å². The number of ether oxygens (including phenoxy) is 2. The van der Waals surface area contributed by atoms with Crippen LogP contribution in [0.25, 0.3) is 21.4 Å². The molecule has 6 rings (SSSR count). The average molecular weight is 798 g/mol.